The maximum atomic E-state index is 11.4. The number of hydrogen-bond donors (Lipinski definition) is 1. The second-order valence-electron chi connectivity index (χ2n) is 3.41. The van der Waals surface area contributed by atoms with Gasteiger partial charge in [-0.05, 0) is 13.8 Å². The van der Waals surface area contributed by atoms with E-state index in [9.17, 15) is 9.59 Å². The topological polar surface area (TPSA) is 72.1 Å². The van der Waals surface area contributed by atoms with E-state index >= 15 is 0 Å². The Hall–Kier alpha value is -1.65. The number of nitrogens with one attached hydrogen (secondary N) is 1. The van der Waals surface area contributed by atoms with Gasteiger partial charge >= 0.3 is 5.97 Å². The predicted octanol–water partition coefficient (Wildman–Crippen LogP) is 0.220. The van der Waals surface area contributed by atoms with Crippen molar-refractivity contribution in [2.45, 2.75) is 19.3 Å². The van der Waals surface area contributed by atoms with E-state index in [1.165, 1.54) is 13.3 Å². The summed E-state index contributed by atoms with van der Waals surface area (Å²) in [6.07, 6.45) is 2.55. The lowest BCUT2D eigenvalue weighted by atomic mass is 9.90. The molecule has 0 saturated carbocycles. The molecule has 1 heterocycles. The number of ether oxygens (including phenoxy) is 1. The quantitative estimate of drug-likeness (QED) is 0.687. The lowest BCUT2D eigenvalue weighted by Gasteiger charge is -2.19. The number of aromatic amines is 1. The number of nitrogens with zero attached hydrogens (tertiary/aromatic N) is 1. The first-order chi connectivity index (χ1) is 6.48. The molecule has 1 rings (SSSR count). The van der Waals surface area contributed by atoms with Crippen molar-refractivity contribution in [1.29, 1.82) is 0 Å². The number of carbonyl (C=O) groups is 1. The van der Waals surface area contributed by atoms with Crippen molar-refractivity contribution in [2.24, 2.45) is 0 Å². The first-order valence-electron chi connectivity index (χ1n) is 4.12. The molecule has 1 aromatic rings. The SMILES string of the molecule is COC(=O)C(C)(C)c1c[nH]c(=O)cn1. The smallest absolute Gasteiger partial charge is 0.317 e. The molecule has 0 radical (unpaired) electrons. The third-order valence-electron chi connectivity index (χ3n) is 2.01. The molecular weight excluding hydrogens is 184 g/mol. The zero-order valence-electron chi connectivity index (χ0n) is 8.33. The molecule has 0 bridgehead atoms. The Morgan fingerprint density at radius 1 is 1.57 bits per heavy atom. The molecule has 76 valence electrons. The minimum absolute atomic E-state index is 0.297. The molecule has 1 aromatic heterocycles. The van der Waals surface area contributed by atoms with E-state index in [0.29, 0.717) is 5.69 Å². The van der Waals surface area contributed by atoms with Gasteiger partial charge in [0.05, 0.1) is 19.0 Å². The summed E-state index contributed by atoms with van der Waals surface area (Å²) in [5.41, 5.74) is -0.669. The fraction of sp³-hybridized carbons (Fsp3) is 0.444. The van der Waals surface area contributed by atoms with Crippen LogP contribution >= 0.6 is 0 Å². The number of esters is 1. The Morgan fingerprint density at radius 3 is 2.64 bits per heavy atom. The largest absolute Gasteiger partial charge is 0.468 e. The zero-order chi connectivity index (χ0) is 10.8. The molecule has 0 amide bonds. The monoisotopic (exact) mass is 196 g/mol. The predicted molar refractivity (Wildman–Crippen MR) is 49.9 cm³/mol. The molecule has 0 unspecified atom stereocenters. The van der Waals surface area contributed by atoms with Crippen LogP contribution in [0.4, 0.5) is 0 Å². The lowest BCUT2D eigenvalue weighted by molar-refractivity contribution is -0.146. The fourth-order valence-corrected chi connectivity index (χ4v) is 1.04. The average Bonchev–Trinajstić information content (AvgIpc) is 2.17. The minimum atomic E-state index is -0.848. The molecular formula is C9H12N2O3. The molecule has 0 saturated heterocycles. The van der Waals surface area contributed by atoms with Crippen molar-refractivity contribution in [3.63, 3.8) is 0 Å². The molecule has 5 heteroatoms. The molecule has 1 N–H and O–H groups in total. The van der Waals surface area contributed by atoms with Gasteiger partial charge in [0.2, 0.25) is 0 Å². The van der Waals surface area contributed by atoms with Crippen LogP contribution in [0.25, 0.3) is 0 Å². The van der Waals surface area contributed by atoms with Crippen LogP contribution in [-0.2, 0) is 14.9 Å². The van der Waals surface area contributed by atoms with Crippen molar-refractivity contribution in [1.82, 2.24) is 9.97 Å². The van der Waals surface area contributed by atoms with E-state index in [-0.39, 0.29) is 5.56 Å². The zero-order valence-corrected chi connectivity index (χ0v) is 8.33. The summed E-state index contributed by atoms with van der Waals surface area (Å²) in [5.74, 6) is -0.392. The van der Waals surface area contributed by atoms with Crippen LogP contribution in [0.15, 0.2) is 17.2 Å². The van der Waals surface area contributed by atoms with Crippen molar-refractivity contribution in [2.75, 3.05) is 7.11 Å². The van der Waals surface area contributed by atoms with Crippen LogP contribution in [-0.4, -0.2) is 23.0 Å². The average molecular weight is 196 g/mol. The van der Waals surface area contributed by atoms with Crippen LogP contribution in [0.5, 0.6) is 0 Å². The Labute approximate surface area is 81.1 Å². The summed E-state index contributed by atoms with van der Waals surface area (Å²) in [7, 11) is 1.32. The number of carbonyl (C=O) groups excluding carboxylic acids is 1. The number of aromatic nitrogens is 2. The van der Waals surface area contributed by atoms with Gasteiger partial charge in [-0.2, -0.15) is 0 Å². The van der Waals surface area contributed by atoms with Crippen molar-refractivity contribution in [3.05, 3.63) is 28.4 Å². The lowest BCUT2D eigenvalue weighted by Crippen LogP contribution is -2.32. The first kappa shape index (κ1) is 10.4. The van der Waals surface area contributed by atoms with Gasteiger partial charge in [0.15, 0.2) is 0 Å². The molecule has 0 spiro atoms. The van der Waals surface area contributed by atoms with Gasteiger partial charge in [0.1, 0.15) is 5.41 Å². The molecule has 0 fully saturated rings. The van der Waals surface area contributed by atoms with Crippen molar-refractivity contribution >= 4 is 5.97 Å². The normalized spacial score (nSPS) is 11.1. The van der Waals surface area contributed by atoms with E-state index in [0.717, 1.165) is 6.20 Å². The third kappa shape index (κ3) is 1.81. The van der Waals surface area contributed by atoms with Gasteiger partial charge in [-0.25, -0.2) is 0 Å². The summed E-state index contributed by atoms with van der Waals surface area (Å²) in [6, 6.07) is 0. The van der Waals surface area contributed by atoms with Gasteiger partial charge < -0.3 is 9.72 Å². The van der Waals surface area contributed by atoms with E-state index in [2.05, 4.69) is 14.7 Å². The van der Waals surface area contributed by atoms with Crippen LogP contribution < -0.4 is 5.56 Å². The summed E-state index contributed by atoms with van der Waals surface area (Å²) in [5, 5.41) is 0. The van der Waals surface area contributed by atoms with Gasteiger partial charge in [-0.1, -0.05) is 0 Å². The highest BCUT2D eigenvalue weighted by molar-refractivity contribution is 5.81. The Kier molecular flexibility index (Phi) is 2.69. The highest BCUT2D eigenvalue weighted by Gasteiger charge is 2.32. The second-order valence-corrected chi connectivity index (χ2v) is 3.41. The molecule has 0 aromatic carbocycles. The van der Waals surface area contributed by atoms with E-state index in [1.807, 2.05) is 0 Å². The molecule has 0 atom stereocenters. The van der Waals surface area contributed by atoms with Crippen LogP contribution in [0, 0.1) is 0 Å². The van der Waals surface area contributed by atoms with E-state index in [1.54, 1.807) is 13.8 Å². The molecule has 14 heavy (non-hydrogen) atoms. The Bertz CT molecular complexity index is 375. The third-order valence-corrected chi connectivity index (χ3v) is 2.01. The molecule has 0 aliphatic heterocycles. The summed E-state index contributed by atoms with van der Waals surface area (Å²) in [6.45, 7) is 3.36. The Balaban J connectivity index is 3.09. The molecule has 5 nitrogen and oxygen atoms in total. The number of hydrogen-bond acceptors (Lipinski definition) is 4. The number of rotatable bonds is 2. The Morgan fingerprint density at radius 2 is 2.21 bits per heavy atom. The standard InChI is InChI=1S/C9H12N2O3/c1-9(2,8(13)14-3)6-4-11-7(12)5-10-6/h4-5H,1-3H3,(H,11,12). The first-order valence-corrected chi connectivity index (χ1v) is 4.12. The van der Waals surface area contributed by atoms with E-state index in [4.69, 9.17) is 0 Å². The maximum absolute atomic E-state index is 11.4. The second kappa shape index (κ2) is 3.61. The van der Waals surface area contributed by atoms with Crippen LogP contribution in [0.3, 0.4) is 0 Å². The van der Waals surface area contributed by atoms with Gasteiger partial charge in [0, 0.05) is 6.20 Å². The van der Waals surface area contributed by atoms with Gasteiger partial charge in [-0.3, -0.25) is 14.6 Å². The molecule has 0 aliphatic rings. The van der Waals surface area contributed by atoms with E-state index < -0.39 is 11.4 Å². The number of H-pyrrole nitrogens is 1. The molecule has 0 aliphatic carbocycles. The van der Waals surface area contributed by atoms with Crippen molar-refractivity contribution < 1.29 is 9.53 Å². The van der Waals surface area contributed by atoms with Crippen LogP contribution in [0.2, 0.25) is 0 Å². The highest BCUT2D eigenvalue weighted by Crippen LogP contribution is 2.20. The minimum Gasteiger partial charge on any atom is -0.468 e. The fourth-order valence-electron chi connectivity index (χ4n) is 1.04. The maximum Gasteiger partial charge on any atom is 0.317 e. The summed E-state index contributed by atoms with van der Waals surface area (Å²) < 4.78 is 4.63. The van der Waals surface area contributed by atoms with Gasteiger partial charge in [0.25, 0.3) is 5.56 Å². The highest BCUT2D eigenvalue weighted by atomic mass is 16.5. The van der Waals surface area contributed by atoms with Crippen molar-refractivity contribution in [3.8, 4) is 0 Å². The van der Waals surface area contributed by atoms with Gasteiger partial charge in [-0.15, -0.1) is 0 Å². The summed E-state index contributed by atoms with van der Waals surface area (Å²) in [4.78, 5) is 28.5. The number of methoxy groups -OCH3 is 1. The summed E-state index contributed by atoms with van der Waals surface area (Å²) >= 11 is 0. The van der Waals surface area contributed by atoms with Crippen LogP contribution in [0.1, 0.15) is 19.5 Å².